The summed E-state index contributed by atoms with van der Waals surface area (Å²) in [7, 11) is 0. The van der Waals surface area contributed by atoms with Crippen LogP contribution in [-0.4, -0.2) is 39.6 Å². The van der Waals surface area contributed by atoms with E-state index in [1.54, 1.807) is 0 Å². The van der Waals surface area contributed by atoms with Crippen LogP contribution in [0.2, 0.25) is 0 Å². The summed E-state index contributed by atoms with van der Waals surface area (Å²) < 4.78 is 35.8. The second kappa shape index (κ2) is 7.45. The van der Waals surface area contributed by atoms with Gasteiger partial charge in [0.05, 0.1) is 12.7 Å². The molecule has 0 fully saturated rings. The van der Waals surface area contributed by atoms with E-state index in [4.69, 9.17) is 11.5 Å². The van der Waals surface area contributed by atoms with Gasteiger partial charge in [0.1, 0.15) is 6.54 Å². The molecule has 1 rings (SSSR count). The molecule has 0 aliphatic carbocycles. The molecule has 1 amide bonds. The summed E-state index contributed by atoms with van der Waals surface area (Å²) in [6.45, 7) is -0.915. The predicted molar refractivity (Wildman–Crippen MR) is 69.2 cm³/mol. The van der Waals surface area contributed by atoms with Crippen molar-refractivity contribution in [1.29, 1.82) is 0 Å². The molecule has 11 heteroatoms. The van der Waals surface area contributed by atoms with E-state index >= 15 is 0 Å². The lowest BCUT2D eigenvalue weighted by molar-refractivity contribution is -0.119. The minimum absolute atomic E-state index is 0.188. The summed E-state index contributed by atoms with van der Waals surface area (Å²) in [5, 5.41) is 10.2. The van der Waals surface area contributed by atoms with Gasteiger partial charge in [-0.15, -0.1) is 5.10 Å². The number of alkyl halides is 3. The van der Waals surface area contributed by atoms with Crippen LogP contribution in [0.5, 0.6) is 0 Å². The van der Waals surface area contributed by atoms with Crippen LogP contribution < -0.4 is 16.8 Å². The number of aromatic nitrogens is 3. The average molecular weight is 307 g/mol. The van der Waals surface area contributed by atoms with E-state index in [-0.39, 0.29) is 18.1 Å². The van der Waals surface area contributed by atoms with Crippen molar-refractivity contribution in [3.05, 3.63) is 6.20 Å². The third-order valence-electron chi connectivity index (χ3n) is 2.25. The molecule has 0 bridgehead atoms. The number of aliphatic imine (C=N–C) groups is 1. The van der Waals surface area contributed by atoms with Gasteiger partial charge in [0.2, 0.25) is 5.91 Å². The standard InChI is InChI=1S/C10H16F3N7O/c11-10(12,13)6-16-9(15)18-8-5-17-20(19-8)4-2-1-3-7(14)21/h5H,1-4,6H2,(H2,14,21)(H3,15,16,18,19). The molecule has 1 aromatic rings. The van der Waals surface area contributed by atoms with Crippen molar-refractivity contribution >= 4 is 17.7 Å². The molecule has 0 atom stereocenters. The number of halogens is 3. The number of hydrogen-bond acceptors (Lipinski definition) is 4. The fraction of sp³-hybridized carbons (Fsp3) is 0.600. The fourth-order valence-corrected chi connectivity index (χ4v) is 1.36. The first-order valence-corrected chi connectivity index (χ1v) is 6.08. The van der Waals surface area contributed by atoms with Crippen LogP contribution in [0.4, 0.5) is 19.0 Å². The van der Waals surface area contributed by atoms with Crippen LogP contribution in [-0.2, 0) is 11.3 Å². The Hall–Kier alpha value is -2.33. The normalized spacial score (nSPS) is 12.4. The smallest absolute Gasteiger partial charge is 0.370 e. The quantitative estimate of drug-likeness (QED) is 0.378. The summed E-state index contributed by atoms with van der Waals surface area (Å²) in [4.78, 5) is 15.0. The number of rotatable bonds is 7. The zero-order valence-electron chi connectivity index (χ0n) is 11.1. The first kappa shape index (κ1) is 16.7. The highest BCUT2D eigenvalue weighted by molar-refractivity contribution is 5.91. The number of guanidine groups is 1. The number of amides is 1. The van der Waals surface area contributed by atoms with Crippen molar-refractivity contribution in [3.8, 4) is 0 Å². The van der Waals surface area contributed by atoms with Crippen molar-refractivity contribution < 1.29 is 18.0 Å². The lowest BCUT2D eigenvalue weighted by atomic mass is 10.2. The van der Waals surface area contributed by atoms with Crippen LogP contribution >= 0.6 is 0 Å². The third-order valence-corrected chi connectivity index (χ3v) is 2.25. The molecule has 0 radical (unpaired) electrons. The number of unbranched alkanes of at least 4 members (excludes halogenated alkanes) is 1. The van der Waals surface area contributed by atoms with Gasteiger partial charge >= 0.3 is 6.18 Å². The van der Waals surface area contributed by atoms with E-state index in [0.29, 0.717) is 19.4 Å². The lowest BCUT2D eigenvalue weighted by Crippen LogP contribution is -2.25. The third kappa shape index (κ3) is 7.74. The van der Waals surface area contributed by atoms with Gasteiger partial charge in [-0.05, 0) is 12.8 Å². The maximum absolute atomic E-state index is 11.9. The van der Waals surface area contributed by atoms with Crippen LogP contribution in [0.3, 0.4) is 0 Å². The van der Waals surface area contributed by atoms with Gasteiger partial charge in [-0.1, -0.05) is 0 Å². The molecule has 0 unspecified atom stereocenters. The zero-order chi connectivity index (χ0) is 15.9. The van der Waals surface area contributed by atoms with E-state index in [9.17, 15) is 18.0 Å². The first-order chi connectivity index (χ1) is 9.76. The monoisotopic (exact) mass is 307 g/mol. The molecule has 0 aromatic carbocycles. The SMILES string of the molecule is NC(=O)CCCCn1ncc(N/C(N)=N\CC(F)(F)F)n1. The number of aryl methyl sites for hydroxylation is 1. The lowest BCUT2D eigenvalue weighted by Gasteiger charge is -2.04. The number of nitrogens with two attached hydrogens (primary N) is 2. The van der Waals surface area contributed by atoms with E-state index in [2.05, 4.69) is 20.5 Å². The molecular weight excluding hydrogens is 291 g/mol. The van der Waals surface area contributed by atoms with Crippen LogP contribution in [0.15, 0.2) is 11.2 Å². The first-order valence-electron chi connectivity index (χ1n) is 6.08. The van der Waals surface area contributed by atoms with Gasteiger partial charge in [-0.2, -0.15) is 23.1 Å². The number of carbonyl (C=O) groups is 1. The Labute approximate surface area is 118 Å². The Bertz CT molecular complexity index is 497. The van der Waals surface area contributed by atoms with Gasteiger partial charge in [-0.3, -0.25) is 4.79 Å². The molecular formula is C10H16F3N7O. The van der Waals surface area contributed by atoms with Crippen LogP contribution in [0.1, 0.15) is 19.3 Å². The predicted octanol–water partition coefficient (Wildman–Crippen LogP) is 0.223. The van der Waals surface area contributed by atoms with Crippen molar-refractivity contribution in [1.82, 2.24) is 15.0 Å². The van der Waals surface area contributed by atoms with Crippen LogP contribution in [0.25, 0.3) is 0 Å². The Morgan fingerprint density at radius 2 is 2.10 bits per heavy atom. The van der Waals surface area contributed by atoms with Gasteiger partial charge in [-0.25, -0.2) is 4.99 Å². The van der Waals surface area contributed by atoms with Gasteiger partial charge < -0.3 is 16.8 Å². The molecule has 5 N–H and O–H groups in total. The number of hydrogen-bond donors (Lipinski definition) is 3. The van der Waals surface area contributed by atoms with E-state index < -0.39 is 18.7 Å². The largest absolute Gasteiger partial charge is 0.408 e. The Morgan fingerprint density at radius 1 is 1.38 bits per heavy atom. The highest BCUT2D eigenvalue weighted by Crippen LogP contribution is 2.14. The molecule has 118 valence electrons. The molecule has 0 aliphatic heterocycles. The maximum atomic E-state index is 11.9. The highest BCUT2D eigenvalue weighted by Gasteiger charge is 2.26. The molecule has 0 saturated heterocycles. The van der Waals surface area contributed by atoms with Gasteiger partial charge in [0.15, 0.2) is 11.8 Å². The number of carbonyl (C=O) groups excluding carboxylic acids is 1. The van der Waals surface area contributed by atoms with Gasteiger partial charge in [0.25, 0.3) is 0 Å². The van der Waals surface area contributed by atoms with Crippen molar-refractivity contribution in [3.63, 3.8) is 0 Å². The second-order valence-electron chi connectivity index (χ2n) is 4.19. The highest BCUT2D eigenvalue weighted by atomic mass is 19.4. The second-order valence-corrected chi connectivity index (χ2v) is 4.19. The molecule has 0 aliphatic rings. The van der Waals surface area contributed by atoms with E-state index in [1.807, 2.05) is 0 Å². The molecule has 0 saturated carbocycles. The fourth-order valence-electron chi connectivity index (χ4n) is 1.36. The Kier molecular flexibility index (Phi) is 5.93. The molecule has 21 heavy (non-hydrogen) atoms. The van der Waals surface area contributed by atoms with Gasteiger partial charge in [0, 0.05) is 6.42 Å². The zero-order valence-corrected chi connectivity index (χ0v) is 11.1. The summed E-state index contributed by atoms with van der Waals surface area (Å²) in [5.41, 5.74) is 10.3. The summed E-state index contributed by atoms with van der Waals surface area (Å²) in [6.07, 6.45) is -1.57. The number of anilines is 1. The number of primary amides is 1. The van der Waals surface area contributed by atoms with Crippen LogP contribution in [0, 0.1) is 0 Å². The van der Waals surface area contributed by atoms with Crippen molar-refractivity contribution in [2.24, 2.45) is 16.5 Å². The minimum atomic E-state index is -4.41. The summed E-state index contributed by atoms with van der Waals surface area (Å²) >= 11 is 0. The van der Waals surface area contributed by atoms with Crippen molar-refractivity contribution in [2.45, 2.75) is 32.0 Å². The molecule has 1 aromatic heterocycles. The van der Waals surface area contributed by atoms with E-state index in [0.717, 1.165) is 0 Å². The Balaban J connectivity index is 2.39. The number of nitrogens with one attached hydrogen (secondary N) is 1. The summed E-state index contributed by atoms with van der Waals surface area (Å²) in [5.74, 6) is -0.583. The average Bonchev–Trinajstić information content (AvgIpc) is 2.79. The maximum Gasteiger partial charge on any atom is 0.408 e. The number of nitrogens with zero attached hydrogens (tertiary/aromatic N) is 4. The Morgan fingerprint density at radius 3 is 2.71 bits per heavy atom. The topological polar surface area (TPSA) is 124 Å². The molecule has 1 heterocycles. The molecule has 8 nitrogen and oxygen atoms in total. The summed E-state index contributed by atoms with van der Waals surface area (Å²) in [6, 6.07) is 0. The molecule has 0 spiro atoms. The van der Waals surface area contributed by atoms with E-state index in [1.165, 1.54) is 11.0 Å². The van der Waals surface area contributed by atoms with Crippen molar-refractivity contribution in [2.75, 3.05) is 11.9 Å². The minimum Gasteiger partial charge on any atom is -0.370 e.